The van der Waals surface area contributed by atoms with Crippen LogP contribution in [0.2, 0.25) is 5.02 Å². The van der Waals surface area contributed by atoms with Crippen LogP contribution in [0, 0.1) is 6.92 Å². The molecular weight excluding hydrogens is 446 g/mol. The number of carbonyl (C=O) groups excluding carboxylic acids is 1. The molecule has 8 heteroatoms. The molecule has 4 rings (SSSR count). The van der Waals surface area contributed by atoms with Crippen LogP contribution in [0.4, 0.5) is 0 Å². The monoisotopic (exact) mass is 477 g/mol. The van der Waals surface area contributed by atoms with Gasteiger partial charge in [0.05, 0.1) is 13.0 Å². The third-order valence-corrected chi connectivity index (χ3v) is 7.39. The average Bonchev–Trinajstić information content (AvgIpc) is 3.18. The molecule has 1 aromatic carbocycles. The highest BCUT2D eigenvalue weighted by molar-refractivity contribution is 7.11. The molecule has 32 heavy (non-hydrogen) atoms. The lowest BCUT2D eigenvalue weighted by Gasteiger charge is -2.43. The summed E-state index contributed by atoms with van der Waals surface area (Å²) in [4.78, 5) is 22.5. The molecule has 174 valence electrons. The summed E-state index contributed by atoms with van der Waals surface area (Å²) in [5, 5.41) is 0.670. The summed E-state index contributed by atoms with van der Waals surface area (Å²) < 4.78 is 12.4. The van der Waals surface area contributed by atoms with Crippen molar-refractivity contribution >= 4 is 28.8 Å². The van der Waals surface area contributed by atoms with Gasteiger partial charge in [0, 0.05) is 60.6 Å². The summed E-state index contributed by atoms with van der Waals surface area (Å²) in [6.45, 7) is 8.77. The lowest BCUT2D eigenvalue weighted by atomic mass is 9.96. The first-order valence-electron chi connectivity index (χ1n) is 11.2. The molecule has 0 saturated carbocycles. The van der Waals surface area contributed by atoms with E-state index in [-0.39, 0.29) is 5.91 Å². The minimum Gasteiger partial charge on any atom is -0.491 e. The number of ether oxygens (including phenoxy) is 2. The molecule has 6 nitrogen and oxygen atoms in total. The van der Waals surface area contributed by atoms with E-state index >= 15 is 0 Å². The lowest BCUT2D eigenvalue weighted by Crippen LogP contribution is -2.58. The van der Waals surface area contributed by atoms with Gasteiger partial charge in [-0.05, 0) is 50.4 Å². The van der Waals surface area contributed by atoms with E-state index in [4.69, 9.17) is 21.1 Å². The lowest BCUT2D eigenvalue weighted by molar-refractivity contribution is -0.157. The van der Waals surface area contributed by atoms with Gasteiger partial charge in [0.25, 0.3) is 0 Å². The van der Waals surface area contributed by atoms with E-state index in [1.54, 1.807) is 0 Å². The number of piperazine rings is 1. The Morgan fingerprint density at radius 3 is 2.56 bits per heavy atom. The quantitative estimate of drug-likeness (QED) is 0.610. The number of thiophene rings is 1. The fraction of sp³-hybridized carbons (Fsp3) is 0.542. The molecule has 0 spiro atoms. The summed E-state index contributed by atoms with van der Waals surface area (Å²) in [7, 11) is 2.09. The first-order valence-corrected chi connectivity index (χ1v) is 12.4. The van der Waals surface area contributed by atoms with E-state index in [0.29, 0.717) is 31.2 Å². The fourth-order valence-corrected chi connectivity index (χ4v) is 5.34. The van der Waals surface area contributed by atoms with Crippen molar-refractivity contribution in [3.05, 3.63) is 51.2 Å². The minimum absolute atomic E-state index is 0.145. The van der Waals surface area contributed by atoms with Crippen LogP contribution in [0.1, 0.15) is 16.2 Å². The molecule has 0 bridgehead atoms. The topological polar surface area (TPSA) is 45.3 Å². The number of amides is 1. The summed E-state index contributed by atoms with van der Waals surface area (Å²) in [6, 6.07) is 11.7. The number of morpholine rings is 1. The van der Waals surface area contributed by atoms with Gasteiger partial charge in [0.15, 0.2) is 0 Å². The van der Waals surface area contributed by atoms with Crippen molar-refractivity contribution in [2.24, 2.45) is 0 Å². The molecule has 3 heterocycles. The predicted molar refractivity (Wildman–Crippen MR) is 129 cm³/mol. The molecule has 0 N–H and O–H groups in total. The van der Waals surface area contributed by atoms with Crippen molar-refractivity contribution in [3.63, 3.8) is 0 Å². The number of halogens is 1. The second-order valence-corrected chi connectivity index (χ2v) is 10.7. The minimum atomic E-state index is -0.676. The Bertz CT molecular complexity index is 898. The zero-order valence-corrected chi connectivity index (χ0v) is 20.5. The molecule has 1 aromatic heterocycles. The predicted octanol–water partition coefficient (Wildman–Crippen LogP) is 3.52. The van der Waals surface area contributed by atoms with Crippen molar-refractivity contribution in [2.45, 2.75) is 25.5 Å². The van der Waals surface area contributed by atoms with Crippen LogP contribution >= 0.6 is 22.9 Å². The molecule has 2 fully saturated rings. The van der Waals surface area contributed by atoms with Crippen LogP contribution in [-0.4, -0.2) is 85.7 Å². The van der Waals surface area contributed by atoms with Crippen LogP contribution in [0.15, 0.2) is 36.4 Å². The van der Waals surface area contributed by atoms with Crippen LogP contribution < -0.4 is 4.74 Å². The molecular formula is C24H32ClN3O3S. The van der Waals surface area contributed by atoms with E-state index in [9.17, 15) is 4.79 Å². The maximum absolute atomic E-state index is 13.2. The van der Waals surface area contributed by atoms with E-state index in [0.717, 1.165) is 45.0 Å². The SMILES string of the molecule is Cc1ccc(CN2CCO[C@@](COc3ccc(Cl)cc3)(CC(=O)N3CCN(C)CC3)C2)s1. The highest BCUT2D eigenvalue weighted by Gasteiger charge is 2.41. The van der Waals surface area contributed by atoms with Crippen molar-refractivity contribution < 1.29 is 14.3 Å². The second-order valence-electron chi connectivity index (χ2n) is 8.86. The molecule has 0 unspecified atom stereocenters. The summed E-state index contributed by atoms with van der Waals surface area (Å²) in [6.07, 6.45) is 0.324. The normalized spacial score (nSPS) is 22.8. The zero-order valence-electron chi connectivity index (χ0n) is 18.9. The van der Waals surface area contributed by atoms with Gasteiger partial charge in [0.1, 0.15) is 18.0 Å². The van der Waals surface area contributed by atoms with Crippen LogP contribution in [0.25, 0.3) is 0 Å². The molecule has 1 amide bonds. The van der Waals surface area contributed by atoms with Crippen molar-refractivity contribution in [2.75, 3.05) is 59.5 Å². The van der Waals surface area contributed by atoms with E-state index in [2.05, 4.69) is 35.9 Å². The second kappa shape index (κ2) is 10.5. The highest BCUT2D eigenvalue weighted by atomic mass is 35.5. The first kappa shape index (κ1) is 23.5. The average molecular weight is 478 g/mol. The number of hydrogen-bond acceptors (Lipinski definition) is 6. The molecule has 0 radical (unpaired) electrons. The molecule has 1 atom stereocenters. The Hall–Kier alpha value is -1.64. The Kier molecular flexibility index (Phi) is 7.74. The largest absolute Gasteiger partial charge is 0.491 e. The third kappa shape index (κ3) is 6.23. The molecule has 2 aromatic rings. The number of aryl methyl sites for hydroxylation is 1. The Morgan fingerprint density at radius 2 is 1.88 bits per heavy atom. The zero-order chi connectivity index (χ0) is 22.6. The Labute approximate surface area is 199 Å². The van der Waals surface area contributed by atoms with Crippen molar-refractivity contribution in [3.8, 4) is 5.75 Å². The van der Waals surface area contributed by atoms with E-state index < -0.39 is 5.60 Å². The Morgan fingerprint density at radius 1 is 1.12 bits per heavy atom. The van der Waals surface area contributed by atoms with Gasteiger partial charge in [-0.3, -0.25) is 9.69 Å². The Balaban J connectivity index is 1.47. The van der Waals surface area contributed by atoms with Crippen LogP contribution in [0.5, 0.6) is 5.75 Å². The fourth-order valence-electron chi connectivity index (χ4n) is 4.28. The van der Waals surface area contributed by atoms with Gasteiger partial charge in [-0.2, -0.15) is 0 Å². The number of rotatable bonds is 7. The summed E-state index contributed by atoms with van der Waals surface area (Å²) in [5.41, 5.74) is -0.676. The maximum atomic E-state index is 13.2. The van der Waals surface area contributed by atoms with Gasteiger partial charge in [0.2, 0.25) is 5.91 Å². The highest BCUT2D eigenvalue weighted by Crippen LogP contribution is 2.28. The molecule has 2 aliphatic heterocycles. The third-order valence-electron chi connectivity index (χ3n) is 6.15. The van der Waals surface area contributed by atoms with E-state index in [1.807, 2.05) is 40.5 Å². The van der Waals surface area contributed by atoms with Crippen molar-refractivity contribution in [1.29, 1.82) is 0 Å². The van der Waals surface area contributed by atoms with Gasteiger partial charge < -0.3 is 19.3 Å². The molecule has 2 aliphatic rings. The first-order chi connectivity index (χ1) is 15.4. The smallest absolute Gasteiger partial charge is 0.225 e. The number of nitrogens with zero attached hydrogens (tertiary/aromatic N) is 3. The van der Waals surface area contributed by atoms with E-state index in [1.165, 1.54) is 9.75 Å². The number of likely N-dealkylation sites (N-methyl/N-ethyl adjacent to an activating group) is 1. The van der Waals surface area contributed by atoms with Gasteiger partial charge in [-0.25, -0.2) is 0 Å². The van der Waals surface area contributed by atoms with Gasteiger partial charge in [-0.1, -0.05) is 11.6 Å². The summed E-state index contributed by atoms with van der Waals surface area (Å²) >= 11 is 7.84. The number of carbonyl (C=O) groups is 1. The number of hydrogen-bond donors (Lipinski definition) is 0. The van der Waals surface area contributed by atoms with Crippen LogP contribution in [-0.2, 0) is 16.1 Å². The number of benzene rings is 1. The summed E-state index contributed by atoms with van der Waals surface area (Å²) in [5.74, 6) is 0.877. The molecule has 2 saturated heterocycles. The molecule has 0 aliphatic carbocycles. The van der Waals surface area contributed by atoms with Gasteiger partial charge in [-0.15, -0.1) is 11.3 Å². The van der Waals surface area contributed by atoms with Crippen LogP contribution in [0.3, 0.4) is 0 Å². The van der Waals surface area contributed by atoms with Gasteiger partial charge >= 0.3 is 0 Å². The van der Waals surface area contributed by atoms with Crippen molar-refractivity contribution in [1.82, 2.24) is 14.7 Å². The standard InChI is InChI=1S/C24H32ClN3O3S/c1-19-3-8-22(32-19)16-27-13-14-31-24(17-27,18-30-21-6-4-20(25)5-7-21)15-23(29)28-11-9-26(2)10-12-28/h3-8H,9-18H2,1-2H3/t24-/m0/s1. The maximum Gasteiger partial charge on any atom is 0.225 e.